The zero-order chi connectivity index (χ0) is 8.43. The largest absolute Gasteiger partial charge is 0.396 e. The predicted molar refractivity (Wildman–Crippen MR) is 41.2 cm³/mol. The maximum atomic E-state index is 9.27. The quantitative estimate of drug-likeness (QED) is 0.275. The van der Waals surface area contributed by atoms with Crippen molar-refractivity contribution in [1.29, 1.82) is 0 Å². The summed E-state index contributed by atoms with van der Waals surface area (Å²) >= 11 is 0. The molecule has 0 aromatic rings. The Hall–Kier alpha value is 1.65. The van der Waals surface area contributed by atoms with E-state index < -0.39 is 18.0 Å². The molecule has 77 valence electrons. The van der Waals surface area contributed by atoms with E-state index in [-0.39, 0.29) is 73.2 Å². The van der Waals surface area contributed by atoms with E-state index in [0.29, 0.717) is 0 Å². The molecule has 0 aromatic heterocycles. The third-order valence-corrected chi connectivity index (χ3v) is 1.97. The summed E-state index contributed by atoms with van der Waals surface area (Å²) < 4.78 is 0. The van der Waals surface area contributed by atoms with E-state index in [2.05, 4.69) is 0 Å². The van der Waals surface area contributed by atoms with E-state index in [0.717, 1.165) is 0 Å². The van der Waals surface area contributed by atoms with Crippen molar-refractivity contribution in [3.63, 3.8) is 0 Å². The number of aliphatic hydroxyl groups is 3. The van der Waals surface area contributed by atoms with Gasteiger partial charge in [-0.25, -0.2) is 0 Å². The Morgan fingerprint density at radius 1 is 1.07 bits per heavy atom. The summed E-state index contributed by atoms with van der Waals surface area (Å²) in [5.41, 5.74) is 0. The van der Waals surface area contributed by atoms with E-state index in [9.17, 15) is 10.2 Å². The smallest absolute Gasteiger partial charge is 0.0881 e. The van der Waals surface area contributed by atoms with Gasteiger partial charge in [0.2, 0.25) is 0 Å². The monoisotopic (exact) mass is 573 g/mol. The summed E-state index contributed by atoms with van der Waals surface area (Å²) in [6, 6.07) is 0. The fourth-order valence-electron chi connectivity index (χ4n) is 1.15. The molecule has 0 aromatic carbocycles. The van der Waals surface area contributed by atoms with Crippen LogP contribution in [-0.4, -0.2) is 42.0 Å². The maximum Gasteiger partial charge on any atom is 0.0881 e. The van der Waals surface area contributed by atoms with Gasteiger partial charge in [-0.05, 0) is 5.82 Å². The Bertz CT molecular complexity index is 173. The van der Waals surface area contributed by atoms with Gasteiger partial charge in [0.25, 0.3) is 0 Å². The van der Waals surface area contributed by atoms with Crippen LogP contribution in [0.3, 0.4) is 0 Å². The van der Waals surface area contributed by atoms with Gasteiger partial charge in [0.15, 0.2) is 0 Å². The van der Waals surface area contributed by atoms with Gasteiger partial charge < -0.3 is 15.3 Å². The van der Waals surface area contributed by atoms with Crippen molar-refractivity contribution in [3.05, 3.63) is 12.2 Å². The van der Waals surface area contributed by atoms with Crippen LogP contribution in [0, 0.1) is 5.92 Å². The molecule has 0 fully saturated rings. The molecule has 14 heavy (non-hydrogen) atoms. The molecule has 1 aliphatic carbocycles. The molecule has 7 heteroatoms. The molecular weight excluding hydrogens is 562 g/mol. The molecule has 3 nitrogen and oxygen atoms in total. The fraction of sp³-hybridized carbons (Fsp3) is 0.714. The van der Waals surface area contributed by atoms with Crippen molar-refractivity contribution >= 4 is 7.85 Å². The summed E-state index contributed by atoms with van der Waals surface area (Å²) in [5, 5.41) is 27.2. The first kappa shape index (κ1) is 21.0. The van der Waals surface area contributed by atoms with Crippen LogP contribution in [0.15, 0.2) is 12.2 Å². The second-order valence-electron chi connectivity index (χ2n) is 2.79. The molecule has 0 spiro atoms. The van der Waals surface area contributed by atoms with E-state index in [1.807, 2.05) is 0 Å². The molecule has 0 aliphatic heterocycles. The second-order valence-corrected chi connectivity index (χ2v) is 2.79. The van der Waals surface area contributed by atoms with Gasteiger partial charge in [-0.3, -0.25) is 0 Å². The van der Waals surface area contributed by atoms with Gasteiger partial charge in [-0.15, -0.1) is 0 Å². The Balaban J connectivity index is -0.000000403. The standard InChI is InChI=1S/C7H11BO3.V.2W/c8-5-2-1-4(3-9)6(10)7(5)11;;;/h1-2,4-7,9-11H,3H2;;;/t4?,5-,6-,7+;;;/m1.../s1. The molecule has 3 radical (unpaired) electrons. The van der Waals surface area contributed by atoms with Crippen LogP contribution in [0.1, 0.15) is 0 Å². The molecule has 0 heterocycles. The average molecular weight is 573 g/mol. The summed E-state index contributed by atoms with van der Waals surface area (Å²) in [6.07, 6.45) is 1.32. The van der Waals surface area contributed by atoms with Gasteiger partial charge in [-0.1, -0.05) is 12.2 Å². The third kappa shape index (κ3) is 5.12. The molecule has 0 saturated carbocycles. The molecular formula is C7H11BO3VW2. The van der Waals surface area contributed by atoms with Crippen LogP contribution in [0.4, 0.5) is 0 Å². The van der Waals surface area contributed by atoms with E-state index in [1.54, 1.807) is 12.2 Å². The zero-order valence-corrected chi connectivity index (χ0v) is 14.6. The third-order valence-electron chi connectivity index (χ3n) is 1.97. The Morgan fingerprint density at radius 2 is 1.57 bits per heavy atom. The summed E-state index contributed by atoms with van der Waals surface area (Å²) in [6.45, 7) is -0.165. The summed E-state index contributed by atoms with van der Waals surface area (Å²) in [4.78, 5) is 0. The van der Waals surface area contributed by atoms with Crippen LogP contribution in [-0.2, 0) is 60.7 Å². The van der Waals surface area contributed by atoms with Crippen molar-refractivity contribution in [2.75, 3.05) is 6.61 Å². The van der Waals surface area contributed by atoms with Gasteiger partial charge in [-0.2, -0.15) is 0 Å². The van der Waals surface area contributed by atoms with E-state index >= 15 is 0 Å². The average Bonchev–Trinajstić information content (AvgIpc) is 2.01. The molecule has 1 rings (SSSR count). The van der Waals surface area contributed by atoms with Crippen LogP contribution >= 0.6 is 0 Å². The first-order valence-corrected chi connectivity index (χ1v) is 3.57. The first-order chi connectivity index (χ1) is 5.16. The first-order valence-electron chi connectivity index (χ1n) is 3.57. The number of hydrogen-bond donors (Lipinski definition) is 3. The summed E-state index contributed by atoms with van der Waals surface area (Å²) in [7, 11) is 5.41. The van der Waals surface area contributed by atoms with Crippen LogP contribution < -0.4 is 0 Å². The van der Waals surface area contributed by atoms with Crippen LogP contribution in [0.2, 0.25) is 5.82 Å². The van der Waals surface area contributed by atoms with Gasteiger partial charge in [0, 0.05) is 66.6 Å². The minimum atomic E-state index is -0.961. The zero-order valence-electron chi connectivity index (χ0n) is 7.35. The minimum Gasteiger partial charge on any atom is -0.396 e. The molecule has 0 amide bonds. The van der Waals surface area contributed by atoms with Crippen molar-refractivity contribution in [2.45, 2.75) is 18.0 Å². The molecule has 0 bridgehead atoms. The van der Waals surface area contributed by atoms with Gasteiger partial charge in [0.1, 0.15) is 0 Å². The maximum absolute atomic E-state index is 9.27. The van der Waals surface area contributed by atoms with E-state index in [1.165, 1.54) is 0 Å². The predicted octanol–water partition coefficient (Wildman–Crippen LogP) is -1.16. The molecule has 4 atom stereocenters. The number of aliphatic hydroxyl groups excluding tert-OH is 3. The normalized spacial score (nSPS) is 34.8. The number of rotatable bonds is 1. The molecule has 3 N–H and O–H groups in total. The Labute approximate surface area is 126 Å². The van der Waals surface area contributed by atoms with Gasteiger partial charge in [0.05, 0.1) is 26.7 Å². The second kappa shape index (κ2) is 9.84. The fourth-order valence-corrected chi connectivity index (χ4v) is 1.15. The number of hydrogen-bond acceptors (Lipinski definition) is 3. The van der Waals surface area contributed by atoms with Crippen molar-refractivity contribution in [3.8, 4) is 0 Å². The van der Waals surface area contributed by atoms with Crippen molar-refractivity contribution in [1.82, 2.24) is 0 Å². The van der Waals surface area contributed by atoms with Crippen molar-refractivity contribution in [2.24, 2.45) is 5.92 Å². The SMILES string of the molecule is [B][C@@H]1C=CC(CO)[C@@H](O)[C@H]1O.[V].[W].[W]. The molecule has 0 saturated heterocycles. The Morgan fingerprint density at radius 3 is 2.00 bits per heavy atom. The molecule has 1 aliphatic rings. The Kier molecular flexibility index (Phi) is 14.8. The summed E-state index contributed by atoms with van der Waals surface area (Å²) in [5.74, 6) is -0.905. The van der Waals surface area contributed by atoms with E-state index in [4.69, 9.17) is 13.0 Å². The van der Waals surface area contributed by atoms with Crippen LogP contribution in [0.5, 0.6) is 0 Å². The van der Waals surface area contributed by atoms with Gasteiger partial charge >= 0.3 is 0 Å². The minimum absolute atomic E-state index is 0. The topological polar surface area (TPSA) is 60.7 Å². The molecule has 1 unspecified atom stereocenters. The van der Waals surface area contributed by atoms with Crippen molar-refractivity contribution < 1.29 is 76.0 Å². The van der Waals surface area contributed by atoms with Crippen LogP contribution in [0.25, 0.3) is 0 Å².